The van der Waals surface area contributed by atoms with Crippen LogP contribution in [0.25, 0.3) is 10.9 Å². The largest absolute Gasteiger partial charge is 0.478 e. The zero-order valence-corrected chi connectivity index (χ0v) is 11.9. The number of carboxylic acids is 1. The minimum absolute atomic E-state index is 0.203. The van der Waals surface area contributed by atoms with Crippen molar-refractivity contribution < 1.29 is 9.90 Å². The van der Waals surface area contributed by atoms with Crippen molar-refractivity contribution >= 4 is 28.6 Å². The van der Waals surface area contributed by atoms with Crippen molar-refractivity contribution in [2.75, 3.05) is 0 Å². The lowest BCUT2D eigenvalue weighted by atomic mass is 10.1. The molecule has 1 N–H and O–H groups in total. The summed E-state index contributed by atoms with van der Waals surface area (Å²) in [5.74, 6) is -0.193. The van der Waals surface area contributed by atoms with Crippen LogP contribution < -0.4 is 0 Å². The standard InChI is InChI=1S/C16H12N2O2S/c19-16(20)11-5-6-15(18-9-11)21-10-12-7-8-17-14-4-2-1-3-13(12)14/h1-9H,10H2,(H,19,20). The molecule has 5 heteroatoms. The number of rotatable bonds is 4. The van der Waals surface area contributed by atoms with Crippen LogP contribution in [0, 0.1) is 0 Å². The Labute approximate surface area is 125 Å². The molecule has 0 spiro atoms. The molecule has 3 aromatic rings. The molecule has 104 valence electrons. The zero-order chi connectivity index (χ0) is 14.7. The molecule has 0 aliphatic carbocycles. The summed E-state index contributed by atoms with van der Waals surface area (Å²) < 4.78 is 0. The second-order valence-electron chi connectivity index (χ2n) is 4.47. The molecule has 0 amide bonds. The first-order valence-electron chi connectivity index (χ1n) is 6.39. The lowest BCUT2D eigenvalue weighted by molar-refractivity contribution is 0.0696. The Hall–Kier alpha value is -2.40. The van der Waals surface area contributed by atoms with E-state index in [0.29, 0.717) is 0 Å². The molecule has 0 saturated carbocycles. The zero-order valence-electron chi connectivity index (χ0n) is 11.1. The molecule has 0 atom stereocenters. The Bertz CT molecular complexity index is 782. The van der Waals surface area contributed by atoms with Gasteiger partial charge in [0.25, 0.3) is 0 Å². The van der Waals surface area contributed by atoms with E-state index in [1.807, 2.05) is 24.3 Å². The summed E-state index contributed by atoms with van der Waals surface area (Å²) in [6.07, 6.45) is 3.19. The van der Waals surface area contributed by atoms with Gasteiger partial charge in [-0.3, -0.25) is 4.98 Å². The molecular formula is C16H12N2O2S. The smallest absolute Gasteiger partial charge is 0.337 e. The average molecular weight is 296 g/mol. The first-order chi connectivity index (χ1) is 10.2. The normalized spacial score (nSPS) is 10.7. The summed E-state index contributed by atoms with van der Waals surface area (Å²) in [5, 5.41) is 10.8. The van der Waals surface area contributed by atoms with Gasteiger partial charge in [-0.1, -0.05) is 18.2 Å². The summed E-state index contributed by atoms with van der Waals surface area (Å²) in [5.41, 5.74) is 2.37. The SMILES string of the molecule is O=C(O)c1ccc(SCc2ccnc3ccccc23)nc1. The van der Waals surface area contributed by atoms with E-state index in [2.05, 4.69) is 16.0 Å². The van der Waals surface area contributed by atoms with Crippen LogP contribution in [0.5, 0.6) is 0 Å². The fourth-order valence-corrected chi connectivity index (χ4v) is 2.87. The van der Waals surface area contributed by atoms with Gasteiger partial charge in [0.1, 0.15) is 0 Å². The van der Waals surface area contributed by atoms with Crippen molar-refractivity contribution in [2.45, 2.75) is 10.8 Å². The first-order valence-corrected chi connectivity index (χ1v) is 7.37. The molecule has 1 aromatic carbocycles. The Morgan fingerprint density at radius 1 is 1.10 bits per heavy atom. The molecular weight excluding hydrogens is 284 g/mol. The van der Waals surface area contributed by atoms with Crippen molar-refractivity contribution in [3.63, 3.8) is 0 Å². The maximum Gasteiger partial charge on any atom is 0.337 e. The van der Waals surface area contributed by atoms with Crippen LogP contribution in [0.1, 0.15) is 15.9 Å². The molecule has 3 rings (SSSR count). The molecule has 2 aromatic heterocycles. The van der Waals surface area contributed by atoms with Gasteiger partial charge in [-0.2, -0.15) is 0 Å². The first kappa shape index (κ1) is 13.6. The maximum absolute atomic E-state index is 10.8. The highest BCUT2D eigenvalue weighted by molar-refractivity contribution is 7.98. The molecule has 2 heterocycles. The number of nitrogens with zero attached hydrogens (tertiary/aromatic N) is 2. The van der Waals surface area contributed by atoms with Crippen molar-refractivity contribution in [3.05, 3.63) is 66.0 Å². The van der Waals surface area contributed by atoms with Crippen LogP contribution in [0.3, 0.4) is 0 Å². The van der Waals surface area contributed by atoms with E-state index in [4.69, 9.17) is 5.11 Å². The van der Waals surface area contributed by atoms with Crippen molar-refractivity contribution in [1.29, 1.82) is 0 Å². The Morgan fingerprint density at radius 2 is 1.95 bits per heavy atom. The van der Waals surface area contributed by atoms with Gasteiger partial charge >= 0.3 is 5.97 Å². The number of benzene rings is 1. The predicted octanol–water partition coefficient (Wildman–Crippen LogP) is 3.62. The van der Waals surface area contributed by atoms with Gasteiger partial charge in [0, 0.05) is 23.5 Å². The Morgan fingerprint density at radius 3 is 2.71 bits per heavy atom. The van der Waals surface area contributed by atoms with Gasteiger partial charge in [0.2, 0.25) is 0 Å². The summed E-state index contributed by atoms with van der Waals surface area (Å²) in [7, 11) is 0. The van der Waals surface area contributed by atoms with Gasteiger partial charge in [-0.25, -0.2) is 9.78 Å². The number of aromatic carboxylic acids is 1. The quantitative estimate of drug-likeness (QED) is 0.745. The second-order valence-corrected chi connectivity index (χ2v) is 5.46. The maximum atomic E-state index is 10.8. The summed E-state index contributed by atoms with van der Waals surface area (Å²) in [6.45, 7) is 0. The van der Waals surface area contributed by atoms with Gasteiger partial charge in [0.05, 0.1) is 16.1 Å². The van der Waals surface area contributed by atoms with Gasteiger partial charge in [0.15, 0.2) is 0 Å². The van der Waals surface area contributed by atoms with E-state index in [1.54, 1.807) is 30.1 Å². The van der Waals surface area contributed by atoms with Crippen LogP contribution >= 0.6 is 11.8 Å². The molecule has 4 nitrogen and oxygen atoms in total. The highest BCUT2D eigenvalue weighted by Crippen LogP contribution is 2.25. The molecule has 0 aliphatic rings. The number of hydrogen-bond acceptors (Lipinski definition) is 4. The minimum Gasteiger partial charge on any atom is -0.478 e. The molecule has 0 unspecified atom stereocenters. The Balaban J connectivity index is 1.79. The average Bonchev–Trinajstić information content (AvgIpc) is 2.53. The summed E-state index contributed by atoms with van der Waals surface area (Å²) in [6, 6.07) is 13.3. The van der Waals surface area contributed by atoms with E-state index in [-0.39, 0.29) is 5.56 Å². The van der Waals surface area contributed by atoms with E-state index in [0.717, 1.165) is 21.7 Å². The highest BCUT2D eigenvalue weighted by Gasteiger charge is 2.05. The molecule has 0 radical (unpaired) electrons. The topological polar surface area (TPSA) is 63.1 Å². The van der Waals surface area contributed by atoms with Crippen LogP contribution in [-0.2, 0) is 5.75 Å². The number of aromatic nitrogens is 2. The molecule has 0 saturated heterocycles. The van der Waals surface area contributed by atoms with Crippen LogP contribution in [-0.4, -0.2) is 21.0 Å². The van der Waals surface area contributed by atoms with E-state index in [9.17, 15) is 4.79 Å². The third-order valence-electron chi connectivity index (χ3n) is 3.10. The molecule has 0 bridgehead atoms. The lowest BCUT2D eigenvalue weighted by Crippen LogP contribution is -1.96. The van der Waals surface area contributed by atoms with E-state index >= 15 is 0 Å². The van der Waals surface area contributed by atoms with Gasteiger partial charge in [-0.05, 0) is 29.8 Å². The van der Waals surface area contributed by atoms with Crippen molar-refractivity contribution in [3.8, 4) is 0 Å². The van der Waals surface area contributed by atoms with E-state index in [1.165, 1.54) is 11.8 Å². The second kappa shape index (κ2) is 5.93. The molecule has 0 fully saturated rings. The number of para-hydroxylation sites is 1. The third kappa shape index (κ3) is 3.03. The predicted molar refractivity (Wildman–Crippen MR) is 82.5 cm³/mol. The highest BCUT2D eigenvalue weighted by atomic mass is 32.2. The minimum atomic E-state index is -0.959. The third-order valence-corrected chi connectivity index (χ3v) is 4.09. The fraction of sp³-hybridized carbons (Fsp3) is 0.0625. The molecule has 0 aliphatic heterocycles. The number of hydrogen-bond donors (Lipinski definition) is 1. The van der Waals surface area contributed by atoms with Crippen molar-refractivity contribution in [2.24, 2.45) is 0 Å². The van der Waals surface area contributed by atoms with Gasteiger partial charge in [-0.15, -0.1) is 11.8 Å². The number of carboxylic acid groups (broad SMARTS) is 1. The monoisotopic (exact) mass is 296 g/mol. The van der Waals surface area contributed by atoms with Crippen LogP contribution in [0.4, 0.5) is 0 Å². The lowest BCUT2D eigenvalue weighted by Gasteiger charge is -2.05. The van der Waals surface area contributed by atoms with E-state index < -0.39 is 5.97 Å². The van der Waals surface area contributed by atoms with Crippen LogP contribution in [0.2, 0.25) is 0 Å². The van der Waals surface area contributed by atoms with Crippen molar-refractivity contribution in [1.82, 2.24) is 9.97 Å². The number of pyridine rings is 2. The Kier molecular flexibility index (Phi) is 3.83. The molecule has 21 heavy (non-hydrogen) atoms. The van der Waals surface area contributed by atoms with Crippen LogP contribution in [0.15, 0.2) is 59.9 Å². The van der Waals surface area contributed by atoms with Gasteiger partial charge < -0.3 is 5.11 Å². The fourth-order valence-electron chi connectivity index (χ4n) is 2.02. The number of carbonyl (C=O) groups is 1. The number of fused-ring (bicyclic) bond motifs is 1. The number of thioether (sulfide) groups is 1. The summed E-state index contributed by atoms with van der Waals surface area (Å²) >= 11 is 1.58. The summed E-state index contributed by atoms with van der Waals surface area (Å²) in [4.78, 5) is 19.3.